The van der Waals surface area contributed by atoms with E-state index < -0.39 is 0 Å². The van der Waals surface area contributed by atoms with Gasteiger partial charge in [0, 0.05) is 16.8 Å². The van der Waals surface area contributed by atoms with Gasteiger partial charge < -0.3 is 14.8 Å². The van der Waals surface area contributed by atoms with Crippen LogP contribution in [0.5, 0.6) is 11.5 Å². The molecular weight excluding hydrogens is 466 g/mol. The minimum absolute atomic E-state index is 0.605. The van der Waals surface area contributed by atoms with Crippen molar-refractivity contribution in [3.05, 3.63) is 52.5 Å². The number of nitrogens with one attached hydrogen (secondary N) is 1. The average molecular weight is 492 g/mol. The summed E-state index contributed by atoms with van der Waals surface area (Å²) in [5.41, 5.74) is 2.11. The molecule has 0 unspecified atom stereocenters. The van der Waals surface area contributed by atoms with Crippen molar-refractivity contribution in [2.24, 2.45) is 0 Å². The molecule has 0 saturated carbocycles. The number of tetrazole rings is 1. The predicted octanol–water partition coefficient (Wildman–Crippen LogP) is 4.49. The van der Waals surface area contributed by atoms with Crippen LogP contribution in [-0.4, -0.2) is 45.7 Å². The molecule has 160 valence electrons. The Balaban J connectivity index is 1.46. The number of rotatable bonds is 12. The first-order chi connectivity index (χ1) is 14.7. The summed E-state index contributed by atoms with van der Waals surface area (Å²) in [4.78, 5) is 0. The zero-order valence-electron chi connectivity index (χ0n) is 17.2. The van der Waals surface area contributed by atoms with Gasteiger partial charge in [-0.05, 0) is 67.1 Å². The van der Waals surface area contributed by atoms with Crippen LogP contribution in [0.1, 0.15) is 25.8 Å². The number of benzene rings is 2. The Bertz CT molecular complexity index is 923. The lowest BCUT2D eigenvalue weighted by molar-refractivity contribution is 0.287. The van der Waals surface area contributed by atoms with Gasteiger partial charge in [0.05, 0.1) is 18.9 Å². The molecule has 2 aromatic carbocycles. The van der Waals surface area contributed by atoms with Gasteiger partial charge in [-0.3, -0.25) is 0 Å². The third-order valence-corrected chi connectivity index (χ3v) is 5.94. The third-order valence-electron chi connectivity index (χ3n) is 4.20. The van der Waals surface area contributed by atoms with Gasteiger partial charge in [-0.1, -0.05) is 45.9 Å². The predicted molar refractivity (Wildman–Crippen MR) is 123 cm³/mol. The van der Waals surface area contributed by atoms with Crippen molar-refractivity contribution in [1.82, 2.24) is 25.5 Å². The van der Waals surface area contributed by atoms with E-state index in [1.54, 1.807) is 16.4 Å². The Morgan fingerprint density at radius 2 is 1.80 bits per heavy atom. The van der Waals surface area contributed by atoms with Gasteiger partial charge in [-0.25, -0.2) is 0 Å². The highest BCUT2D eigenvalue weighted by Gasteiger charge is 2.11. The number of halogens is 1. The summed E-state index contributed by atoms with van der Waals surface area (Å²) in [7, 11) is 0. The van der Waals surface area contributed by atoms with E-state index in [1.165, 1.54) is 0 Å². The first kappa shape index (κ1) is 22.6. The van der Waals surface area contributed by atoms with Crippen LogP contribution in [0.4, 0.5) is 0 Å². The lowest BCUT2D eigenvalue weighted by Crippen LogP contribution is -2.16. The lowest BCUT2D eigenvalue weighted by atomic mass is 10.2. The van der Waals surface area contributed by atoms with Crippen molar-refractivity contribution in [2.75, 3.05) is 25.5 Å². The van der Waals surface area contributed by atoms with Gasteiger partial charge in [0.15, 0.2) is 11.5 Å². The van der Waals surface area contributed by atoms with Crippen molar-refractivity contribution < 1.29 is 9.47 Å². The molecule has 0 spiro atoms. The molecule has 1 aromatic heterocycles. The molecule has 0 aliphatic rings. The SMILES string of the molecule is CCOc1cc(Br)c(CNCCCSc2nnnn2-c2ccccc2)cc1OCC. The van der Waals surface area contributed by atoms with E-state index in [-0.39, 0.29) is 0 Å². The molecule has 0 fully saturated rings. The van der Waals surface area contributed by atoms with Crippen LogP contribution in [0.3, 0.4) is 0 Å². The number of aromatic nitrogens is 4. The summed E-state index contributed by atoms with van der Waals surface area (Å²) in [6.45, 7) is 6.80. The number of hydrogen-bond acceptors (Lipinski definition) is 7. The topological polar surface area (TPSA) is 74.1 Å². The summed E-state index contributed by atoms with van der Waals surface area (Å²) in [5.74, 6) is 2.47. The van der Waals surface area contributed by atoms with Crippen molar-refractivity contribution in [1.29, 1.82) is 0 Å². The van der Waals surface area contributed by atoms with Crippen LogP contribution in [0, 0.1) is 0 Å². The Kier molecular flexibility index (Phi) is 8.98. The Morgan fingerprint density at radius 3 is 2.53 bits per heavy atom. The molecule has 1 heterocycles. The number of para-hydroxylation sites is 1. The molecular formula is C21H26BrN5O2S. The average Bonchev–Trinajstić information content (AvgIpc) is 3.23. The monoisotopic (exact) mass is 491 g/mol. The highest BCUT2D eigenvalue weighted by Crippen LogP contribution is 2.34. The maximum Gasteiger partial charge on any atom is 0.214 e. The normalized spacial score (nSPS) is 10.9. The first-order valence-corrected chi connectivity index (χ1v) is 11.8. The fourth-order valence-electron chi connectivity index (χ4n) is 2.83. The van der Waals surface area contributed by atoms with Gasteiger partial charge in [0.1, 0.15) is 0 Å². The second-order valence-electron chi connectivity index (χ2n) is 6.34. The molecule has 0 radical (unpaired) electrons. The van der Waals surface area contributed by atoms with Gasteiger partial charge in [-0.2, -0.15) is 4.68 Å². The van der Waals surface area contributed by atoms with Gasteiger partial charge in [0.25, 0.3) is 0 Å². The summed E-state index contributed by atoms with van der Waals surface area (Å²) >= 11 is 5.29. The minimum Gasteiger partial charge on any atom is -0.490 e. The summed E-state index contributed by atoms with van der Waals surface area (Å²) in [5, 5.41) is 16.3. The minimum atomic E-state index is 0.605. The standard InChI is InChI=1S/C21H26BrN5O2S/c1-3-28-19-13-16(18(22)14-20(19)29-4-2)15-23-11-8-12-30-21-24-25-26-27(21)17-9-6-5-7-10-17/h5-7,9-10,13-14,23H,3-4,8,11-12,15H2,1-2H3. The summed E-state index contributed by atoms with van der Waals surface area (Å²) < 4.78 is 14.2. The zero-order valence-corrected chi connectivity index (χ0v) is 19.6. The van der Waals surface area contributed by atoms with E-state index in [0.29, 0.717) is 13.2 Å². The summed E-state index contributed by atoms with van der Waals surface area (Å²) in [6.07, 6.45) is 0.999. The Morgan fingerprint density at radius 1 is 1.07 bits per heavy atom. The lowest BCUT2D eigenvalue weighted by Gasteiger charge is -2.14. The van der Waals surface area contributed by atoms with Gasteiger partial charge in [-0.15, -0.1) is 5.10 Å². The van der Waals surface area contributed by atoms with Crippen molar-refractivity contribution in [3.8, 4) is 17.2 Å². The molecule has 0 amide bonds. The van der Waals surface area contributed by atoms with Crippen LogP contribution in [0.2, 0.25) is 0 Å². The van der Waals surface area contributed by atoms with Crippen LogP contribution in [0.25, 0.3) is 5.69 Å². The Labute approximate surface area is 189 Å². The second-order valence-corrected chi connectivity index (χ2v) is 8.26. The molecule has 0 atom stereocenters. The van der Waals surface area contributed by atoms with Crippen LogP contribution in [0.15, 0.2) is 52.1 Å². The molecule has 0 aliphatic carbocycles. The third kappa shape index (κ3) is 6.20. The molecule has 7 nitrogen and oxygen atoms in total. The molecule has 1 N–H and O–H groups in total. The van der Waals surface area contributed by atoms with Crippen LogP contribution < -0.4 is 14.8 Å². The largest absolute Gasteiger partial charge is 0.490 e. The van der Waals surface area contributed by atoms with Crippen LogP contribution in [-0.2, 0) is 6.54 Å². The smallest absolute Gasteiger partial charge is 0.214 e. The van der Waals surface area contributed by atoms with Gasteiger partial charge >= 0.3 is 0 Å². The highest BCUT2D eigenvalue weighted by molar-refractivity contribution is 9.10. The fraction of sp³-hybridized carbons (Fsp3) is 0.381. The second kappa shape index (κ2) is 11.9. The molecule has 3 aromatic rings. The van der Waals surface area contributed by atoms with E-state index in [1.807, 2.05) is 56.3 Å². The highest BCUT2D eigenvalue weighted by atomic mass is 79.9. The number of nitrogens with zero attached hydrogens (tertiary/aromatic N) is 4. The molecule has 0 bridgehead atoms. The van der Waals surface area contributed by atoms with Gasteiger partial charge in [0.2, 0.25) is 5.16 Å². The molecule has 9 heteroatoms. The zero-order chi connectivity index (χ0) is 21.2. The number of thioether (sulfide) groups is 1. The number of hydrogen-bond donors (Lipinski definition) is 1. The van der Waals surface area contributed by atoms with E-state index >= 15 is 0 Å². The van der Waals surface area contributed by atoms with Crippen molar-refractivity contribution >= 4 is 27.7 Å². The quantitative estimate of drug-likeness (QED) is 0.295. The van der Waals surface area contributed by atoms with E-state index in [4.69, 9.17) is 9.47 Å². The number of ether oxygens (including phenoxy) is 2. The molecule has 0 saturated heterocycles. The molecule has 30 heavy (non-hydrogen) atoms. The maximum absolute atomic E-state index is 5.72. The fourth-order valence-corrected chi connectivity index (χ4v) is 4.13. The summed E-state index contributed by atoms with van der Waals surface area (Å²) in [6, 6.07) is 13.9. The molecule has 3 rings (SSSR count). The van der Waals surface area contributed by atoms with E-state index in [0.717, 1.165) is 57.6 Å². The maximum atomic E-state index is 5.72. The van der Waals surface area contributed by atoms with Crippen molar-refractivity contribution in [3.63, 3.8) is 0 Å². The molecule has 0 aliphatic heterocycles. The van der Waals surface area contributed by atoms with E-state index in [2.05, 4.69) is 36.8 Å². The Hall–Kier alpha value is -2.10. The van der Waals surface area contributed by atoms with Crippen molar-refractivity contribution in [2.45, 2.75) is 32.0 Å². The van der Waals surface area contributed by atoms with Crippen LogP contribution >= 0.6 is 27.7 Å². The first-order valence-electron chi connectivity index (χ1n) is 9.98. The van der Waals surface area contributed by atoms with E-state index in [9.17, 15) is 0 Å².